The summed E-state index contributed by atoms with van der Waals surface area (Å²) in [6.45, 7) is 5.82. The van der Waals surface area contributed by atoms with Gasteiger partial charge in [0.1, 0.15) is 5.78 Å². The molecule has 1 unspecified atom stereocenters. The van der Waals surface area contributed by atoms with Crippen molar-refractivity contribution in [2.45, 2.75) is 19.9 Å². The van der Waals surface area contributed by atoms with Gasteiger partial charge in [-0.1, -0.05) is 0 Å². The van der Waals surface area contributed by atoms with E-state index in [1.54, 1.807) is 6.92 Å². The third-order valence-corrected chi connectivity index (χ3v) is 3.12. The number of ketones is 1. The number of hydrogen-bond donors (Lipinski definition) is 0. The van der Waals surface area contributed by atoms with Gasteiger partial charge in [0.05, 0.1) is 6.04 Å². The Morgan fingerprint density at radius 3 is 2.45 bits per heavy atom. The van der Waals surface area contributed by atoms with E-state index in [1.165, 1.54) is 11.5 Å². The van der Waals surface area contributed by atoms with Gasteiger partial charge >= 0.3 is 0 Å². The predicted molar refractivity (Wildman–Crippen MR) is 49.0 cm³/mol. The maximum absolute atomic E-state index is 11.0. The Morgan fingerprint density at radius 2 is 2.00 bits per heavy atom. The summed E-state index contributed by atoms with van der Waals surface area (Å²) in [5.74, 6) is 2.65. The van der Waals surface area contributed by atoms with Gasteiger partial charge in [-0.25, -0.2) is 0 Å². The molecule has 1 rings (SSSR count). The van der Waals surface area contributed by atoms with Gasteiger partial charge in [-0.15, -0.1) is 0 Å². The molecule has 1 heterocycles. The first-order valence-corrected chi connectivity index (χ1v) is 5.19. The fourth-order valence-electron chi connectivity index (χ4n) is 1.22. The Labute approximate surface area is 72.3 Å². The summed E-state index contributed by atoms with van der Waals surface area (Å²) in [6, 6.07) is 0.135. The summed E-state index contributed by atoms with van der Waals surface area (Å²) in [6.07, 6.45) is 0. The molecular weight excluding hydrogens is 158 g/mol. The zero-order valence-electron chi connectivity index (χ0n) is 7.17. The molecule has 3 heteroatoms. The molecule has 64 valence electrons. The lowest BCUT2D eigenvalue weighted by molar-refractivity contribution is -0.121. The molecule has 11 heavy (non-hydrogen) atoms. The van der Waals surface area contributed by atoms with Crippen LogP contribution in [0.2, 0.25) is 0 Å². The molecule has 0 aromatic carbocycles. The van der Waals surface area contributed by atoms with E-state index in [1.807, 2.05) is 18.7 Å². The molecule has 1 atom stereocenters. The van der Waals surface area contributed by atoms with Crippen molar-refractivity contribution in [3.8, 4) is 0 Å². The summed E-state index contributed by atoms with van der Waals surface area (Å²) in [4.78, 5) is 13.3. The van der Waals surface area contributed by atoms with Crippen LogP contribution in [0.25, 0.3) is 0 Å². The van der Waals surface area contributed by atoms with Gasteiger partial charge < -0.3 is 0 Å². The highest BCUT2D eigenvalue weighted by atomic mass is 32.2. The van der Waals surface area contributed by atoms with Crippen molar-refractivity contribution in [1.82, 2.24) is 4.90 Å². The van der Waals surface area contributed by atoms with Crippen LogP contribution in [0.1, 0.15) is 13.8 Å². The van der Waals surface area contributed by atoms with E-state index in [2.05, 4.69) is 4.90 Å². The normalized spacial score (nSPS) is 23.1. The van der Waals surface area contributed by atoms with Crippen LogP contribution in [0.3, 0.4) is 0 Å². The minimum atomic E-state index is 0.135. The second kappa shape index (κ2) is 4.12. The quantitative estimate of drug-likeness (QED) is 0.621. The molecule has 0 aromatic heterocycles. The second-order valence-corrected chi connectivity index (χ2v) is 4.16. The van der Waals surface area contributed by atoms with Crippen LogP contribution in [0.5, 0.6) is 0 Å². The summed E-state index contributed by atoms with van der Waals surface area (Å²) < 4.78 is 0. The summed E-state index contributed by atoms with van der Waals surface area (Å²) in [5.41, 5.74) is 0. The van der Waals surface area contributed by atoms with Gasteiger partial charge in [-0.2, -0.15) is 11.8 Å². The molecule has 0 aliphatic carbocycles. The molecule has 1 aliphatic heterocycles. The minimum Gasteiger partial charge on any atom is -0.298 e. The van der Waals surface area contributed by atoms with Crippen molar-refractivity contribution in [3.05, 3.63) is 0 Å². The van der Waals surface area contributed by atoms with Crippen LogP contribution in [0.4, 0.5) is 0 Å². The van der Waals surface area contributed by atoms with Gasteiger partial charge in [-0.05, 0) is 13.8 Å². The Kier molecular flexibility index (Phi) is 3.40. The average molecular weight is 173 g/mol. The molecule has 0 spiro atoms. The number of carbonyl (C=O) groups is 1. The third kappa shape index (κ3) is 2.49. The van der Waals surface area contributed by atoms with Gasteiger partial charge in [-0.3, -0.25) is 9.69 Å². The first-order chi connectivity index (χ1) is 5.22. The lowest BCUT2D eigenvalue weighted by Gasteiger charge is -2.30. The average Bonchev–Trinajstić information content (AvgIpc) is 2.05. The van der Waals surface area contributed by atoms with E-state index in [4.69, 9.17) is 0 Å². The lowest BCUT2D eigenvalue weighted by Crippen LogP contribution is -2.42. The zero-order chi connectivity index (χ0) is 8.27. The van der Waals surface area contributed by atoms with E-state index >= 15 is 0 Å². The van der Waals surface area contributed by atoms with Gasteiger partial charge in [0, 0.05) is 24.6 Å². The molecule has 0 bridgehead atoms. The van der Waals surface area contributed by atoms with E-state index in [0.29, 0.717) is 0 Å². The van der Waals surface area contributed by atoms with Gasteiger partial charge in [0.25, 0.3) is 0 Å². The van der Waals surface area contributed by atoms with E-state index in [9.17, 15) is 4.79 Å². The molecular formula is C8H15NOS. The lowest BCUT2D eigenvalue weighted by atomic mass is 10.2. The zero-order valence-corrected chi connectivity index (χ0v) is 7.99. The number of nitrogens with zero attached hydrogens (tertiary/aromatic N) is 1. The Morgan fingerprint density at radius 1 is 1.45 bits per heavy atom. The summed E-state index contributed by atoms with van der Waals surface area (Å²) in [7, 11) is 0. The van der Waals surface area contributed by atoms with Crippen LogP contribution < -0.4 is 0 Å². The standard InChI is InChI=1S/C8H15NOS/c1-7(8(2)10)9-3-5-11-6-4-9/h7H,3-6H2,1-2H3. The van der Waals surface area contributed by atoms with Gasteiger partial charge in [0.2, 0.25) is 0 Å². The monoisotopic (exact) mass is 173 g/mol. The molecule has 0 aromatic rings. The highest BCUT2D eigenvalue weighted by molar-refractivity contribution is 7.99. The van der Waals surface area contributed by atoms with Crippen molar-refractivity contribution in [1.29, 1.82) is 0 Å². The molecule has 0 saturated carbocycles. The Balaban J connectivity index is 2.38. The highest BCUT2D eigenvalue weighted by Crippen LogP contribution is 2.12. The van der Waals surface area contributed by atoms with E-state index < -0.39 is 0 Å². The van der Waals surface area contributed by atoms with Crippen molar-refractivity contribution in [2.75, 3.05) is 24.6 Å². The fourth-order valence-corrected chi connectivity index (χ4v) is 2.15. The molecule has 0 N–H and O–H groups in total. The van der Waals surface area contributed by atoms with Gasteiger partial charge in [0.15, 0.2) is 0 Å². The van der Waals surface area contributed by atoms with Crippen molar-refractivity contribution >= 4 is 17.5 Å². The summed E-state index contributed by atoms with van der Waals surface area (Å²) >= 11 is 1.97. The molecule has 1 fully saturated rings. The molecule has 2 nitrogen and oxygen atoms in total. The second-order valence-electron chi connectivity index (χ2n) is 2.93. The predicted octanol–water partition coefficient (Wildman–Crippen LogP) is 1.01. The van der Waals surface area contributed by atoms with Crippen molar-refractivity contribution in [2.24, 2.45) is 0 Å². The maximum atomic E-state index is 11.0. The summed E-state index contributed by atoms with van der Waals surface area (Å²) in [5, 5.41) is 0. The highest BCUT2D eigenvalue weighted by Gasteiger charge is 2.19. The van der Waals surface area contributed by atoms with Crippen molar-refractivity contribution in [3.63, 3.8) is 0 Å². The largest absolute Gasteiger partial charge is 0.298 e. The molecule has 1 aliphatic rings. The number of rotatable bonds is 2. The Hall–Kier alpha value is -0.0200. The molecule has 1 saturated heterocycles. The number of carbonyl (C=O) groups excluding carboxylic acids is 1. The number of hydrogen-bond acceptors (Lipinski definition) is 3. The fraction of sp³-hybridized carbons (Fsp3) is 0.875. The number of thioether (sulfide) groups is 1. The van der Waals surface area contributed by atoms with E-state index in [-0.39, 0.29) is 11.8 Å². The Bertz CT molecular complexity index is 143. The van der Waals surface area contributed by atoms with Crippen LogP contribution >= 0.6 is 11.8 Å². The first kappa shape index (κ1) is 9.07. The van der Waals surface area contributed by atoms with E-state index in [0.717, 1.165) is 13.1 Å². The maximum Gasteiger partial charge on any atom is 0.146 e. The first-order valence-electron chi connectivity index (χ1n) is 4.04. The van der Waals surface area contributed by atoms with Crippen molar-refractivity contribution < 1.29 is 4.79 Å². The van der Waals surface area contributed by atoms with Crippen LogP contribution in [0, 0.1) is 0 Å². The topological polar surface area (TPSA) is 20.3 Å². The van der Waals surface area contributed by atoms with Crippen LogP contribution in [-0.2, 0) is 4.79 Å². The van der Waals surface area contributed by atoms with Crippen LogP contribution in [-0.4, -0.2) is 41.3 Å². The van der Waals surface area contributed by atoms with Crippen LogP contribution in [0.15, 0.2) is 0 Å². The third-order valence-electron chi connectivity index (χ3n) is 2.18. The minimum absolute atomic E-state index is 0.135. The molecule has 0 amide bonds. The smallest absolute Gasteiger partial charge is 0.146 e. The number of Topliss-reactive ketones (excluding diaryl/α,β-unsaturated/α-hetero) is 1. The molecule has 0 radical (unpaired) electrons. The SMILES string of the molecule is CC(=O)C(C)N1CCSCC1.